The van der Waals surface area contributed by atoms with E-state index in [2.05, 4.69) is 37.4 Å². The Labute approximate surface area is 152 Å². The Hall–Kier alpha value is -2.33. The first-order valence-electron chi connectivity index (χ1n) is 8.45. The fourth-order valence-corrected chi connectivity index (χ4v) is 3.63. The third-order valence-corrected chi connectivity index (χ3v) is 5.18. The van der Waals surface area contributed by atoms with Gasteiger partial charge in [0.1, 0.15) is 5.03 Å². The number of carbonyl (C=O) groups excluding carboxylic acids is 1. The predicted octanol–water partition coefficient (Wildman–Crippen LogP) is 5.14. The molecule has 0 saturated carbocycles. The number of aryl methyl sites for hydroxylation is 3. The van der Waals surface area contributed by atoms with Gasteiger partial charge in [-0.05, 0) is 55.7 Å². The van der Waals surface area contributed by atoms with Crippen LogP contribution in [0.2, 0.25) is 0 Å². The number of para-hydroxylation sites is 1. The monoisotopic (exact) mass is 350 g/mol. The highest BCUT2D eigenvalue weighted by molar-refractivity contribution is 8.00. The first-order valence-corrected chi connectivity index (χ1v) is 9.44. The zero-order valence-corrected chi connectivity index (χ0v) is 15.6. The summed E-state index contributed by atoms with van der Waals surface area (Å²) in [5, 5.41) is 5.08. The van der Waals surface area contributed by atoms with Crippen LogP contribution in [0.15, 0.2) is 53.6 Å². The molecule has 0 saturated heterocycles. The van der Waals surface area contributed by atoms with Gasteiger partial charge in [-0.15, -0.1) is 0 Å². The topological polar surface area (TPSA) is 42.0 Å². The van der Waals surface area contributed by atoms with Crippen molar-refractivity contribution in [3.8, 4) is 0 Å². The third kappa shape index (κ3) is 4.20. The van der Waals surface area contributed by atoms with Crippen molar-refractivity contribution in [2.24, 2.45) is 0 Å². The molecule has 3 nitrogen and oxygen atoms in total. The highest BCUT2D eigenvalue weighted by Gasteiger charge is 2.10. The predicted molar refractivity (Wildman–Crippen MR) is 106 cm³/mol. The second kappa shape index (κ2) is 7.70. The number of aromatic nitrogens is 1. The van der Waals surface area contributed by atoms with Gasteiger partial charge in [0, 0.05) is 11.1 Å². The molecule has 0 atom stereocenters. The maximum absolute atomic E-state index is 12.3. The largest absolute Gasteiger partial charge is 0.325 e. The van der Waals surface area contributed by atoms with Crippen molar-refractivity contribution in [2.45, 2.75) is 32.2 Å². The summed E-state index contributed by atoms with van der Waals surface area (Å²) in [6.45, 7) is 6.20. The number of anilines is 1. The number of benzene rings is 2. The van der Waals surface area contributed by atoms with E-state index >= 15 is 0 Å². The maximum Gasteiger partial charge on any atom is 0.234 e. The number of thioether (sulfide) groups is 1. The Morgan fingerprint density at radius 3 is 2.68 bits per heavy atom. The number of amides is 1. The zero-order chi connectivity index (χ0) is 17.8. The summed E-state index contributed by atoms with van der Waals surface area (Å²) in [6.07, 6.45) is 0.901. The van der Waals surface area contributed by atoms with Gasteiger partial charge in [-0.3, -0.25) is 4.79 Å². The van der Waals surface area contributed by atoms with E-state index in [1.54, 1.807) is 0 Å². The molecule has 1 heterocycles. The van der Waals surface area contributed by atoms with Crippen LogP contribution in [0.5, 0.6) is 0 Å². The molecule has 3 aromatic rings. The molecule has 0 aliphatic carbocycles. The van der Waals surface area contributed by atoms with Gasteiger partial charge in [-0.25, -0.2) is 4.98 Å². The molecule has 0 unspecified atom stereocenters. The molecule has 2 aromatic carbocycles. The molecule has 0 spiro atoms. The van der Waals surface area contributed by atoms with Crippen LogP contribution in [0, 0.1) is 13.8 Å². The van der Waals surface area contributed by atoms with E-state index in [1.807, 2.05) is 37.3 Å². The summed E-state index contributed by atoms with van der Waals surface area (Å²) in [7, 11) is 0. The molecule has 0 fully saturated rings. The van der Waals surface area contributed by atoms with Gasteiger partial charge in [0.15, 0.2) is 0 Å². The highest BCUT2D eigenvalue weighted by Crippen LogP contribution is 2.26. The summed E-state index contributed by atoms with van der Waals surface area (Å²) in [6, 6.07) is 16.3. The molecule has 3 rings (SSSR count). The lowest BCUT2D eigenvalue weighted by atomic mass is 10.1. The molecule has 25 heavy (non-hydrogen) atoms. The van der Waals surface area contributed by atoms with Crippen molar-refractivity contribution in [2.75, 3.05) is 11.1 Å². The maximum atomic E-state index is 12.3. The van der Waals surface area contributed by atoms with E-state index in [1.165, 1.54) is 22.9 Å². The van der Waals surface area contributed by atoms with Crippen molar-refractivity contribution < 1.29 is 4.79 Å². The molecule has 0 aliphatic heterocycles. The summed E-state index contributed by atoms with van der Waals surface area (Å²) in [5.74, 6) is 0.346. The summed E-state index contributed by atoms with van der Waals surface area (Å²) in [5.41, 5.74) is 5.32. The van der Waals surface area contributed by atoms with E-state index in [-0.39, 0.29) is 5.91 Å². The van der Waals surface area contributed by atoms with Crippen LogP contribution >= 0.6 is 11.8 Å². The normalized spacial score (nSPS) is 10.8. The smallest absolute Gasteiger partial charge is 0.234 e. The van der Waals surface area contributed by atoms with E-state index in [0.717, 1.165) is 33.6 Å². The molecular formula is C21H22N2OS. The molecule has 1 N–H and O–H groups in total. The van der Waals surface area contributed by atoms with Crippen LogP contribution in [0.4, 0.5) is 5.69 Å². The zero-order valence-electron chi connectivity index (χ0n) is 14.8. The summed E-state index contributed by atoms with van der Waals surface area (Å²) in [4.78, 5) is 17.1. The highest BCUT2D eigenvalue weighted by atomic mass is 32.2. The van der Waals surface area contributed by atoms with Crippen molar-refractivity contribution in [1.29, 1.82) is 0 Å². The van der Waals surface area contributed by atoms with Crippen molar-refractivity contribution >= 4 is 34.3 Å². The van der Waals surface area contributed by atoms with E-state index < -0.39 is 0 Å². The third-order valence-electron chi connectivity index (χ3n) is 4.15. The van der Waals surface area contributed by atoms with E-state index in [9.17, 15) is 4.79 Å². The minimum absolute atomic E-state index is 0.00726. The van der Waals surface area contributed by atoms with Crippen LogP contribution in [0.25, 0.3) is 10.9 Å². The fourth-order valence-electron chi connectivity index (χ4n) is 2.73. The van der Waals surface area contributed by atoms with Gasteiger partial charge >= 0.3 is 0 Å². The van der Waals surface area contributed by atoms with Crippen LogP contribution in [0.3, 0.4) is 0 Å². The number of nitrogens with zero attached hydrogens (tertiary/aromatic N) is 1. The number of hydrogen-bond donors (Lipinski definition) is 1. The standard InChI is InChI=1S/C21H22N2OS/c1-4-16-12-17-11-14(2)9-10-19(17)23-21(16)25-13-20(24)22-18-8-6-5-7-15(18)3/h5-12H,4,13H2,1-3H3,(H,22,24). The fraction of sp³-hybridized carbons (Fsp3) is 0.238. The quantitative estimate of drug-likeness (QED) is 0.648. The van der Waals surface area contributed by atoms with Gasteiger partial charge in [0.2, 0.25) is 5.91 Å². The number of carbonyl (C=O) groups is 1. The average Bonchev–Trinajstić information content (AvgIpc) is 2.61. The van der Waals surface area contributed by atoms with Crippen molar-refractivity contribution in [1.82, 2.24) is 4.98 Å². The first-order chi connectivity index (χ1) is 12.1. The number of rotatable bonds is 5. The molecule has 1 aromatic heterocycles. The van der Waals surface area contributed by atoms with Crippen LogP contribution < -0.4 is 5.32 Å². The van der Waals surface area contributed by atoms with Crippen LogP contribution in [0.1, 0.15) is 23.6 Å². The van der Waals surface area contributed by atoms with Gasteiger partial charge in [0.25, 0.3) is 0 Å². The SMILES string of the molecule is CCc1cc2cc(C)ccc2nc1SCC(=O)Nc1ccccc1C. The lowest BCUT2D eigenvalue weighted by Crippen LogP contribution is -2.15. The minimum atomic E-state index is -0.00726. The lowest BCUT2D eigenvalue weighted by molar-refractivity contribution is -0.113. The lowest BCUT2D eigenvalue weighted by Gasteiger charge is -2.10. The second-order valence-electron chi connectivity index (χ2n) is 6.15. The van der Waals surface area contributed by atoms with E-state index in [0.29, 0.717) is 5.75 Å². The Balaban J connectivity index is 1.75. The first kappa shape index (κ1) is 17.5. The molecule has 0 aliphatic rings. The molecular weight excluding hydrogens is 328 g/mol. The Morgan fingerprint density at radius 1 is 1.12 bits per heavy atom. The van der Waals surface area contributed by atoms with Crippen molar-refractivity contribution in [3.63, 3.8) is 0 Å². The molecule has 0 bridgehead atoms. The average molecular weight is 350 g/mol. The van der Waals surface area contributed by atoms with Gasteiger partial charge in [-0.2, -0.15) is 0 Å². The van der Waals surface area contributed by atoms with Gasteiger partial charge in [-0.1, -0.05) is 48.5 Å². The molecule has 4 heteroatoms. The summed E-state index contributed by atoms with van der Waals surface area (Å²) >= 11 is 1.50. The Bertz CT molecular complexity index is 921. The van der Waals surface area contributed by atoms with Crippen LogP contribution in [-0.2, 0) is 11.2 Å². The minimum Gasteiger partial charge on any atom is -0.325 e. The number of hydrogen-bond acceptors (Lipinski definition) is 3. The molecule has 1 amide bonds. The molecule has 128 valence electrons. The number of pyridine rings is 1. The van der Waals surface area contributed by atoms with Crippen LogP contribution in [-0.4, -0.2) is 16.6 Å². The van der Waals surface area contributed by atoms with Crippen molar-refractivity contribution in [3.05, 3.63) is 65.2 Å². The number of nitrogens with one attached hydrogen (secondary N) is 1. The van der Waals surface area contributed by atoms with Gasteiger partial charge < -0.3 is 5.32 Å². The second-order valence-corrected chi connectivity index (χ2v) is 7.12. The number of fused-ring (bicyclic) bond motifs is 1. The Kier molecular flexibility index (Phi) is 5.39. The molecule has 0 radical (unpaired) electrons. The Morgan fingerprint density at radius 2 is 1.92 bits per heavy atom. The summed E-state index contributed by atoms with van der Waals surface area (Å²) < 4.78 is 0. The van der Waals surface area contributed by atoms with Gasteiger partial charge in [0.05, 0.1) is 11.3 Å². The van der Waals surface area contributed by atoms with E-state index in [4.69, 9.17) is 4.98 Å².